The van der Waals surface area contributed by atoms with Crippen LogP contribution in [0.15, 0.2) is 4.34 Å². The summed E-state index contributed by atoms with van der Waals surface area (Å²) in [6.07, 6.45) is 1.31. The van der Waals surface area contributed by atoms with Gasteiger partial charge in [-0.2, -0.15) is 13.2 Å². The molecule has 1 fully saturated rings. The maximum absolute atomic E-state index is 12.2. The fraction of sp³-hybridized carbons (Fsp3) is 0.769. The first kappa shape index (κ1) is 18.3. The second kappa shape index (κ2) is 8.72. The summed E-state index contributed by atoms with van der Waals surface area (Å²) in [5.41, 5.74) is 0. The molecule has 0 bridgehead atoms. The lowest BCUT2D eigenvalue weighted by molar-refractivity contribution is -0.128. The number of rotatable bonds is 5. The zero-order valence-electron chi connectivity index (χ0n) is 12.6. The quantitative estimate of drug-likeness (QED) is 0.808. The molecule has 0 aliphatic carbocycles. The zero-order valence-corrected chi connectivity index (χ0v) is 14.2. The van der Waals surface area contributed by atoms with E-state index in [1.54, 1.807) is 0 Å². The van der Waals surface area contributed by atoms with Gasteiger partial charge in [0.2, 0.25) is 11.0 Å². The van der Waals surface area contributed by atoms with Crippen LogP contribution in [0.1, 0.15) is 32.1 Å². The molecular weight excluding hydrogens is 349 g/mol. The zero-order chi connectivity index (χ0) is 16.7. The van der Waals surface area contributed by atoms with Crippen molar-refractivity contribution < 1.29 is 18.0 Å². The van der Waals surface area contributed by atoms with Crippen LogP contribution in [-0.4, -0.2) is 52.6 Å². The molecule has 0 atom stereocenters. The topological polar surface area (TPSA) is 58.1 Å². The van der Waals surface area contributed by atoms with Crippen LogP contribution in [0.5, 0.6) is 0 Å². The molecule has 0 spiro atoms. The van der Waals surface area contributed by atoms with Gasteiger partial charge in [0.25, 0.3) is 0 Å². The van der Waals surface area contributed by atoms with Gasteiger partial charge >= 0.3 is 6.18 Å². The maximum Gasteiger partial charge on any atom is 0.405 e. The predicted octanol–water partition coefficient (Wildman–Crippen LogP) is 3.40. The van der Waals surface area contributed by atoms with Crippen LogP contribution in [0, 0.1) is 0 Å². The Balaban J connectivity index is 1.76. The molecule has 0 radical (unpaired) electrons. The van der Waals surface area contributed by atoms with Gasteiger partial charge in [0, 0.05) is 13.1 Å². The Morgan fingerprint density at radius 3 is 2.48 bits per heavy atom. The molecule has 10 heteroatoms. The van der Waals surface area contributed by atoms with Gasteiger partial charge in [0.15, 0.2) is 4.34 Å². The maximum atomic E-state index is 12.2. The summed E-state index contributed by atoms with van der Waals surface area (Å²) in [7, 11) is 0. The molecule has 0 unspecified atom stereocenters. The third-order valence-corrected chi connectivity index (χ3v) is 5.37. The van der Waals surface area contributed by atoms with Crippen LogP contribution < -0.4 is 5.32 Å². The number of hydrogen-bond acceptors (Lipinski definition) is 6. The highest BCUT2D eigenvalue weighted by Crippen LogP contribution is 2.27. The van der Waals surface area contributed by atoms with Crippen LogP contribution in [0.2, 0.25) is 0 Å². The average Bonchev–Trinajstić information content (AvgIpc) is 2.89. The van der Waals surface area contributed by atoms with Crippen LogP contribution >= 0.6 is 23.1 Å². The lowest BCUT2D eigenvalue weighted by Crippen LogP contribution is -2.35. The van der Waals surface area contributed by atoms with Gasteiger partial charge in [-0.15, -0.1) is 10.2 Å². The van der Waals surface area contributed by atoms with Crippen LogP contribution in [0.4, 0.5) is 18.3 Å². The Hall–Kier alpha value is -1.03. The smallest absolute Gasteiger partial charge is 0.351 e. The molecule has 1 N–H and O–H groups in total. The summed E-state index contributed by atoms with van der Waals surface area (Å²) in [5, 5.41) is 9.74. The van der Waals surface area contributed by atoms with Gasteiger partial charge in [-0.05, 0) is 12.8 Å². The minimum absolute atomic E-state index is 0.0527. The number of anilines is 1. The van der Waals surface area contributed by atoms with E-state index < -0.39 is 12.7 Å². The lowest BCUT2D eigenvalue weighted by atomic mass is 10.1. The Morgan fingerprint density at radius 1 is 1.17 bits per heavy atom. The molecule has 2 rings (SSSR count). The summed E-state index contributed by atoms with van der Waals surface area (Å²) in [4.78, 5) is 14.1. The largest absolute Gasteiger partial charge is 0.405 e. The number of amides is 1. The summed E-state index contributed by atoms with van der Waals surface area (Å²) in [6, 6.07) is 0. The predicted molar refractivity (Wildman–Crippen MR) is 84.8 cm³/mol. The van der Waals surface area contributed by atoms with Gasteiger partial charge in [0.05, 0.1) is 5.75 Å². The van der Waals surface area contributed by atoms with Crippen molar-refractivity contribution in [3.8, 4) is 0 Å². The Bertz CT molecular complexity index is 502. The van der Waals surface area contributed by atoms with Crippen LogP contribution in [-0.2, 0) is 4.79 Å². The number of carbonyl (C=O) groups is 1. The number of halogens is 3. The van der Waals surface area contributed by atoms with Crippen molar-refractivity contribution in [3.05, 3.63) is 0 Å². The minimum Gasteiger partial charge on any atom is -0.351 e. The molecule has 1 aliphatic rings. The molecule has 1 aromatic rings. The number of aromatic nitrogens is 2. The van der Waals surface area contributed by atoms with Gasteiger partial charge in [-0.1, -0.05) is 42.4 Å². The van der Waals surface area contributed by atoms with Gasteiger partial charge in [-0.25, -0.2) is 0 Å². The van der Waals surface area contributed by atoms with Crippen molar-refractivity contribution in [2.45, 2.75) is 42.6 Å². The second-order valence-electron chi connectivity index (χ2n) is 5.28. The highest BCUT2D eigenvalue weighted by molar-refractivity contribution is 8.01. The second-order valence-corrected chi connectivity index (χ2v) is 7.48. The Labute approximate surface area is 141 Å². The molecule has 0 saturated carbocycles. The van der Waals surface area contributed by atoms with E-state index in [1.807, 2.05) is 4.90 Å². The lowest BCUT2D eigenvalue weighted by Gasteiger charge is -2.24. The monoisotopic (exact) mass is 368 g/mol. The highest BCUT2D eigenvalue weighted by atomic mass is 32.2. The molecule has 130 valence electrons. The van der Waals surface area contributed by atoms with Gasteiger partial charge < -0.3 is 10.2 Å². The normalized spacial score (nSPS) is 16.7. The van der Waals surface area contributed by atoms with Crippen LogP contribution in [0.3, 0.4) is 0 Å². The van der Waals surface area contributed by atoms with E-state index in [9.17, 15) is 18.0 Å². The molecular formula is C13H19F3N4OS2. The number of alkyl halides is 3. The van der Waals surface area contributed by atoms with Crippen molar-refractivity contribution in [2.75, 3.05) is 30.7 Å². The van der Waals surface area contributed by atoms with E-state index in [0.29, 0.717) is 4.34 Å². The third kappa shape index (κ3) is 6.94. The van der Waals surface area contributed by atoms with Crippen molar-refractivity contribution in [3.63, 3.8) is 0 Å². The number of thioether (sulfide) groups is 1. The number of nitrogens with zero attached hydrogens (tertiary/aromatic N) is 3. The first-order valence-corrected chi connectivity index (χ1v) is 9.29. The van der Waals surface area contributed by atoms with E-state index in [4.69, 9.17) is 0 Å². The van der Waals surface area contributed by atoms with Gasteiger partial charge in [-0.3, -0.25) is 4.79 Å². The standard InChI is InChI=1S/C13H19F3N4OS2/c14-13(15,16)9-17-11-18-19-12(23-11)22-8-10(21)20-6-4-2-1-3-5-7-20/h1-9H2,(H,17,18). The highest BCUT2D eigenvalue weighted by Gasteiger charge is 2.27. The van der Waals surface area contributed by atoms with Crippen molar-refractivity contribution in [1.29, 1.82) is 0 Å². The number of hydrogen-bond donors (Lipinski definition) is 1. The molecule has 23 heavy (non-hydrogen) atoms. The van der Waals surface area contributed by atoms with E-state index in [-0.39, 0.29) is 16.8 Å². The Kier molecular flexibility index (Phi) is 6.94. The van der Waals surface area contributed by atoms with Crippen molar-refractivity contribution in [2.24, 2.45) is 0 Å². The molecule has 0 aromatic carbocycles. The third-order valence-electron chi connectivity index (χ3n) is 3.37. The molecule has 1 aromatic heterocycles. The molecule has 5 nitrogen and oxygen atoms in total. The van der Waals surface area contributed by atoms with Crippen LogP contribution in [0.25, 0.3) is 0 Å². The molecule has 1 saturated heterocycles. The minimum atomic E-state index is -4.29. The van der Waals surface area contributed by atoms with Crippen molar-refractivity contribution >= 4 is 34.1 Å². The van der Waals surface area contributed by atoms with Crippen molar-refractivity contribution in [1.82, 2.24) is 15.1 Å². The summed E-state index contributed by atoms with van der Waals surface area (Å²) in [6.45, 7) is 0.431. The van der Waals surface area contributed by atoms with E-state index >= 15 is 0 Å². The van der Waals surface area contributed by atoms with E-state index in [1.165, 1.54) is 18.2 Å². The molecule has 1 aliphatic heterocycles. The summed E-state index contributed by atoms with van der Waals surface area (Å²) < 4.78 is 36.8. The van der Waals surface area contributed by atoms with E-state index in [2.05, 4.69) is 15.5 Å². The summed E-state index contributed by atoms with van der Waals surface area (Å²) >= 11 is 2.25. The summed E-state index contributed by atoms with van der Waals surface area (Å²) in [5.74, 6) is 0.297. The average molecular weight is 368 g/mol. The fourth-order valence-electron chi connectivity index (χ4n) is 2.23. The number of carbonyl (C=O) groups excluding carboxylic acids is 1. The first-order chi connectivity index (χ1) is 10.9. The number of likely N-dealkylation sites (tertiary alicyclic amines) is 1. The first-order valence-electron chi connectivity index (χ1n) is 7.49. The fourth-order valence-corrected chi connectivity index (χ4v) is 3.88. The van der Waals surface area contributed by atoms with Gasteiger partial charge in [0.1, 0.15) is 6.54 Å². The SMILES string of the molecule is O=C(CSc1nnc(NCC(F)(F)F)s1)N1CCCCCCC1. The van der Waals surface area contributed by atoms with E-state index in [0.717, 1.165) is 50.1 Å². The Morgan fingerprint density at radius 2 is 1.83 bits per heavy atom. The molecule has 2 heterocycles. The number of nitrogens with one attached hydrogen (secondary N) is 1. The molecule has 1 amide bonds.